The predicted octanol–water partition coefficient (Wildman–Crippen LogP) is 1.65. The van der Waals surface area contributed by atoms with Crippen molar-refractivity contribution in [3.8, 4) is 23.0 Å². The highest BCUT2D eigenvalue weighted by atomic mass is 16.7. The molecule has 0 fully saturated rings. The SMILES string of the molecule is O=C1OCc2c1c(O)c1cc3c(cc1c2O)OCO3. The molecule has 19 heavy (non-hydrogen) atoms. The topological polar surface area (TPSA) is 85.2 Å². The Bertz CT molecular complexity index is 749. The number of carbonyl (C=O) groups excluding carboxylic acids is 1. The van der Waals surface area contributed by atoms with Gasteiger partial charge in [-0.25, -0.2) is 4.79 Å². The molecular weight excluding hydrogens is 252 g/mol. The Morgan fingerprint density at radius 2 is 1.58 bits per heavy atom. The van der Waals surface area contributed by atoms with Gasteiger partial charge in [0.1, 0.15) is 23.7 Å². The molecule has 2 aliphatic heterocycles. The summed E-state index contributed by atoms with van der Waals surface area (Å²) in [4.78, 5) is 11.6. The number of cyclic esters (lactones) is 1. The summed E-state index contributed by atoms with van der Waals surface area (Å²) < 4.78 is 15.3. The Morgan fingerprint density at radius 1 is 0.947 bits per heavy atom. The van der Waals surface area contributed by atoms with Crippen molar-refractivity contribution in [3.05, 3.63) is 23.3 Å². The van der Waals surface area contributed by atoms with Crippen LogP contribution in [0.25, 0.3) is 10.8 Å². The van der Waals surface area contributed by atoms with Crippen LogP contribution in [0.5, 0.6) is 23.0 Å². The minimum atomic E-state index is -0.637. The van der Waals surface area contributed by atoms with Gasteiger partial charge in [-0.3, -0.25) is 0 Å². The number of rotatable bonds is 0. The molecule has 6 heteroatoms. The summed E-state index contributed by atoms with van der Waals surface area (Å²) >= 11 is 0. The molecule has 0 aliphatic carbocycles. The second-order valence-corrected chi connectivity index (χ2v) is 4.38. The minimum Gasteiger partial charge on any atom is -0.507 e. The lowest BCUT2D eigenvalue weighted by Crippen LogP contribution is -1.95. The highest BCUT2D eigenvalue weighted by Crippen LogP contribution is 2.47. The summed E-state index contributed by atoms with van der Waals surface area (Å²) in [5.41, 5.74) is 0.317. The highest BCUT2D eigenvalue weighted by Gasteiger charge is 2.32. The van der Waals surface area contributed by atoms with Gasteiger partial charge in [-0.2, -0.15) is 0 Å². The molecule has 0 saturated carbocycles. The fraction of sp³-hybridized carbons (Fsp3) is 0.154. The van der Waals surface area contributed by atoms with Crippen molar-refractivity contribution in [3.63, 3.8) is 0 Å². The molecule has 0 spiro atoms. The normalized spacial score (nSPS) is 15.7. The number of esters is 1. The van der Waals surface area contributed by atoms with Crippen LogP contribution in [-0.2, 0) is 11.3 Å². The van der Waals surface area contributed by atoms with Crippen molar-refractivity contribution in [2.75, 3.05) is 6.79 Å². The molecule has 2 N–H and O–H groups in total. The summed E-state index contributed by atoms with van der Waals surface area (Å²) in [5, 5.41) is 21.1. The maximum Gasteiger partial charge on any atom is 0.342 e. The van der Waals surface area contributed by atoms with E-state index >= 15 is 0 Å². The van der Waals surface area contributed by atoms with E-state index in [1.807, 2.05) is 0 Å². The third kappa shape index (κ3) is 1.17. The lowest BCUT2D eigenvalue weighted by Gasteiger charge is -2.09. The van der Waals surface area contributed by atoms with E-state index in [1.165, 1.54) is 0 Å². The number of carbonyl (C=O) groups is 1. The van der Waals surface area contributed by atoms with E-state index in [-0.39, 0.29) is 30.5 Å². The molecular formula is C13H8O6. The molecule has 0 radical (unpaired) electrons. The Labute approximate surface area is 106 Å². The molecule has 2 aliphatic rings. The van der Waals surface area contributed by atoms with Gasteiger partial charge in [-0.05, 0) is 12.1 Å². The average Bonchev–Trinajstić information content (AvgIpc) is 3.00. The fourth-order valence-electron chi connectivity index (χ4n) is 2.46. The van der Waals surface area contributed by atoms with E-state index in [0.29, 0.717) is 27.8 Å². The number of hydrogen-bond donors (Lipinski definition) is 2. The van der Waals surface area contributed by atoms with Crippen molar-refractivity contribution in [2.24, 2.45) is 0 Å². The van der Waals surface area contributed by atoms with Gasteiger partial charge >= 0.3 is 5.97 Å². The third-order valence-corrected chi connectivity index (χ3v) is 3.40. The van der Waals surface area contributed by atoms with Crippen LogP contribution in [-0.4, -0.2) is 23.0 Å². The zero-order valence-electron chi connectivity index (χ0n) is 9.60. The first-order valence-electron chi connectivity index (χ1n) is 5.64. The number of ether oxygens (including phenoxy) is 3. The van der Waals surface area contributed by atoms with Crippen LogP contribution in [0.2, 0.25) is 0 Å². The van der Waals surface area contributed by atoms with Crippen LogP contribution in [0.1, 0.15) is 15.9 Å². The smallest absolute Gasteiger partial charge is 0.342 e. The largest absolute Gasteiger partial charge is 0.507 e. The van der Waals surface area contributed by atoms with Crippen LogP contribution >= 0.6 is 0 Å². The molecule has 0 bridgehead atoms. The molecule has 0 atom stereocenters. The Hall–Kier alpha value is -2.63. The van der Waals surface area contributed by atoms with Crippen LogP contribution in [0.15, 0.2) is 12.1 Å². The highest BCUT2D eigenvalue weighted by molar-refractivity contribution is 6.07. The average molecular weight is 260 g/mol. The number of hydrogen-bond acceptors (Lipinski definition) is 6. The van der Waals surface area contributed by atoms with Gasteiger partial charge in [-0.15, -0.1) is 0 Å². The van der Waals surface area contributed by atoms with Crippen molar-refractivity contribution in [1.82, 2.24) is 0 Å². The summed E-state index contributed by atoms with van der Waals surface area (Å²) in [5.74, 6) is 0.0406. The predicted molar refractivity (Wildman–Crippen MR) is 62.5 cm³/mol. The first kappa shape index (κ1) is 10.3. The Morgan fingerprint density at radius 3 is 2.26 bits per heavy atom. The standard InChI is InChI=1S/C13H8O6/c14-11-5-1-8-9(19-4-18-8)2-6(5)12(15)10-7(11)3-17-13(10)16/h1-2,14-15H,3-4H2. The lowest BCUT2D eigenvalue weighted by molar-refractivity contribution is 0.0532. The van der Waals surface area contributed by atoms with Crippen LogP contribution in [0.3, 0.4) is 0 Å². The Balaban J connectivity index is 2.16. The summed E-state index contributed by atoms with van der Waals surface area (Å²) in [6.07, 6.45) is 0. The lowest BCUT2D eigenvalue weighted by atomic mass is 9.99. The van der Waals surface area contributed by atoms with Crippen molar-refractivity contribution in [1.29, 1.82) is 0 Å². The number of benzene rings is 2. The van der Waals surface area contributed by atoms with Gasteiger partial charge in [0.15, 0.2) is 11.5 Å². The summed E-state index contributed by atoms with van der Waals surface area (Å²) in [6.45, 7) is 0.0485. The molecule has 2 aromatic carbocycles. The molecule has 0 aromatic heterocycles. The van der Waals surface area contributed by atoms with Crippen LogP contribution in [0, 0.1) is 0 Å². The van der Waals surface area contributed by atoms with Gasteiger partial charge in [0.2, 0.25) is 6.79 Å². The number of fused-ring (bicyclic) bond motifs is 3. The van der Waals surface area contributed by atoms with Crippen molar-refractivity contribution in [2.45, 2.75) is 6.61 Å². The van der Waals surface area contributed by atoms with Gasteiger partial charge in [0.05, 0.1) is 5.56 Å². The van der Waals surface area contributed by atoms with E-state index < -0.39 is 5.97 Å². The number of phenols is 2. The summed E-state index contributed by atoms with van der Waals surface area (Å²) in [6, 6.07) is 3.12. The molecule has 96 valence electrons. The minimum absolute atomic E-state index is 0.0175. The second-order valence-electron chi connectivity index (χ2n) is 4.38. The van der Waals surface area contributed by atoms with E-state index in [9.17, 15) is 15.0 Å². The van der Waals surface area contributed by atoms with Crippen molar-refractivity contribution >= 4 is 16.7 Å². The van der Waals surface area contributed by atoms with Gasteiger partial charge in [0.25, 0.3) is 0 Å². The zero-order valence-corrected chi connectivity index (χ0v) is 9.60. The molecule has 4 rings (SSSR count). The molecule has 0 amide bonds. The van der Waals surface area contributed by atoms with E-state index in [1.54, 1.807) is 12.1 Å². The molecule has 2 heterocycles. The first-order valence-corrected chi connectivity index (χ1v) is 5.64. The molecule has 0 unspecified atom stereocenters. The quantitative estimate of drug-likeness (QED) is 0.553. The number of aromatic hydroxyl groups is 2. The maximum atomic E-state index is 11.6. The monoisotopic (exact) mass is 260 g/mol. The molecule has 2 aromatic rings. The fourth-order valence-corrected chi connectivity index (χ4v) is 2.46. The second kappa shape index (κ2) is 3.23. The summed E-state index contributed by atoms with van der Waals surface area (Å²) in [7, 11) is 0. The van der Waals surface area contributed by atoms with Crippen molar-refractivity contribution < 1.29 is 29.2 Å². The molecule has 0 saturated heterocycles. The van der Waals surface area contributed by atoms with Crippen LogP contribution in [0.4, 0.5) is 0 Å². The van der Waals surface area contributed by atoms with E-state index in [0.717, 1.165) is 0 Å². The zero-order chi connectivity index (χ0) is 13.1. The maximum absolute atomic E-state index is 11.6. The first-order chi connectivity index (χ1) is 9.16. The Kier molecular flexibility index (Phi) is 1.75. The van der Waals surface area contributed by atoms with E-state index in [4.69, 9.17) is 14.2 Å². The van der Waals surface area contributed by atoms with Crippen LogP contribution < -0.4 is 9.47 Å². The van der Waals surface area contributed by atoms with Gasteiger partial charge < -0.3 is 24.4 Å². The number of phenolic OH excluding ortho intramolecular Hbond substituents is 2. The van der Waals surface area contributed by atoms with E-state index in [2.05, 4.69) is 0 Å². The van der Waals surface area contributed by atoms with Gasteiger partial charge in [0, 0.05) is 10.8 Å². The molecule has 6 nitrogen and oxygen atoms in total. The van der Waals surface area contributed by atoms with Gasteiger partial charge in [-0.1, -0.05) is 0 Å². The third-order valence-electron chi connectivity index (χ3n) is 3.40.